The lowest BCUT2D eigenvalue weighted by molar-refractivity contribution is 0.156. The standard InChI is InChI=1S/C13H20F3N3/c1-9(2)5-17-6-10-4-11(14)7-18-13(10)19(3)8-12(15)16/h4,7,9,12,17H,5-6,8H2,1-3H3. The van der Waals surface area contributed by atoms with Crippen LogP contribution in [-0.4, -0.2) is 31.5 Å². The van der Waals surface area contributed by atoms with Crippen LogP contribution in [0.25, 0.3) is 0 Å². The van der Waals surface area contributed by atoms with Crippen LogP contribution in [-0.2, 0) is 6.54 Å². The van der Waals surface area contributed by atoms with Crippen molar-refractivity contribution in [3.05, 3.63) is 23.6 Å². The Balaban J connectivity index is 2.79. The summed E-state index contributed by atoms with van der Waals surface area (Å²) in [5, 5.41) is 3.16. The molecule has 0 aliphatic carbocycles. The van der Waals surface area contributed by atoms with E-state index in [4.69, 9.17) is 0 Å². The van der Waals surface area contributed by atoms with Gasteiger partial charge in [0, 0.05) is 19.2 Å². The number of hydrogen-bond donors (Lipinski definition) is 1. The summed E-state index contributed by atoms with van der Waals surface area (Å²) in [6.07, 6.45) is -1.41. The molecule has 0 fully saturated rings. The maximum Gasteiger partial charge on any atom is 0.255 e. The molecule has 19 heavy (non-hydrogen) atoms. The molecule has 0 aliphatic rings. The van der Waals surface area contributed by atoms with Crippen LogP contribution in [0.1, 0.15) is 19.4 Å². The molecule has 0 unspecified atom stereocenters. The molecular weight excluding hydrogens is 255 g/mol. The van der Waals surface area contributed by atoms with Crippen LogP contribution in [0.2, 0.25) is 0 Å². The molecule has 0 atom stereocenters. The lowest BCUT2D eigenvalue weighted by atomic mass is 10.2. The van der Waals surface area contributed by atoms with Crippen LogP contribution in [0.5, 0.6) is 0 Å². The van der Waals surface area contributed by atoms with Crippen LogP contribution in [0, 0.1) is 11.7 Å². The van der Waals surface area contributed by atoms with Gasteiger partial charge in [-0.3, -0.25) is 0 Å². The van der Waals surface area contributed by atoms with Crippen LogP contribution < -0.4 is 10.2 Å². The minimum atomic E-state index is -2.45. The van der Waals surface area contributed by atoms with Gasteiger partial charge in [0.05, 0.1) is 12.7 Å². The highest BCUT2D eigenvalue weighted by atomic mass is 19.3. The molecule has 1 aromatic rings. The number of nitrogens with zero attached hydrogens (tertiary/aromatic N) is 2. The van der Waals surface area contributed by atoms with Gasteiger partial charge in [0.15, 0.2) is 0 Å². The molecule has 0 bridgehead atoms. The molecular formula is C13H20F3N3. The molecule has 0 aromatic carbocycles. The summed E-state index contributed by atoms with van der Waals surface area (Å²) in [5.74, 6) is 0.386. The summed E-state index contributed by atoms with van der Waals surface area (Å²) in [6.45, 7) is 4.87. The lowest BCUT2D eigenvalue weighted by Crippen LogP contribution is -2.28. The Kier molecular flexibility index (Phi) is 6.08. The highest BCUT2D eigenvalue weighted by Crippen LogP contribution is 2.18. The van der Waals surface area contributed by atoms with E-state index in [0.29, 0.717) is 23.8 Å². The first-order chi connectivity index (χ1) is 8.90. The molecule has 1 aromatic heterocycles. The van der Waals surface area contributed by atoms with E-state index in [1.807, 2.05) is 0 Å². The molecule has 108 valence electrons. The molecule has 0 aliphatic heterocycles. The van der Waals surface area contributed by atoms with Gasteiger partial charge in [0.1, 0.15) is 11.6 Å². The zero-order valence-corrected chi connectivity index (χ0v) is 11.5. The van der Waals surface area contributed by atoms with Crippen LogP contribution in [0.4, 0.5) is 19.0 Å². The van der Waals surface area contributed by atoms with E-state index < -0.39 is 18.8 Å². The van der Waals surface area contributed by atoms with E-state index >= 15 is 0 Å². The smallest absolute Gasteiger partial charge is 0.255 e. The number of rotatable bonds is 7. The van der Waals surface area contributed by atoms with Crippen molar-refractivity contribution >= 4 is 5.82 Å². The summed E-state index contributed by atoms with van der Waals surface area (Å²) in [6, 6.07) is 1.33. The maximum atomic E-state index is 13.2. The first-order valence-electron chi connectivity index (χ1n) is 6.24. The summed E-state index contributed by atoms with van der Waals surface area (Å²) in [7, 11) is 1.53. The summed E-state index contributed by atoms with van der Waals surface area (Å²) in [4.78, 5) is 5.25. The average Bonchev–Trinajstić information content (AvgIpc) is 2.27. The lowest BCUT2D eigenvalue weighted by Gasteiger charge is -2.21. The minimum absolute atomic E-state index is 0.387. The molecule has 0 saturated carbocycles. The van der Waals surface area contributed by atoms with Crippen molar-refractivity contribution in [3.8, 4) is 0 Å². The zero-order valence-electron chi connectivity index (χ0n) is 11.5. The van der Waals surface area contributed by atoms with Gasteiger partial charge in [-0.1, -0.05) is 13.8 Å². The van der Waals surface area contributed by atoms with Gasteiger partial charge in [0.25, 0.3) is 6.43 Å². The minimum Gasteiger partial charge on any atom is -0.354 e. The van der Waals surface area contributed by atoms with E-state index in [-0.39, 0.29) is 0 Å². The van der Waals surface area contributed by atoms with Crippen molar-refractivity contribution in [1.82, 2.24) is 10.3 Å². The second-order valence-corrected chi connectivity index (χ2v) is 4.93. The normalized spacial score (nSPS) is 11.4. The third-order valence-electron chi connectivity index (χ3n) is 2.55. The Bertz CT molecular complexity index is 397. The van der Waals surface area contributed by atoms with Crippen molar-refractivity contribution < 1.29 is 13.2 Å². The summed E-state index contributed by atoms with van der Waals surface area (Å²) >= 11 is 0. The van der Waals surface area contributed by atoms with E-state index in [0.717, 1.165) is 12.7 Å². The topological polar surface area (TPSA) is 28.2 Å². The van der Waals surface area contributed by atoms with Gasteiger partial charge < -0.3 is 10.2 Å². The van der Waals surface area contributed by atoms with Gasteiger partial charge in [-0.25, -0.2) is 18.2 Å². The highest BCUT2D eigenvalue weighted by molar-refractivity contribution is 5.46. The van der Waals surface area contributed by atoms with Crippen molar-refractivity contribution in [1.29, 1.82) is 0 Å². The number of pyridine rings is 1. The zero-order chi connectivity index (χ0) is 14.4. The first-order valence-corrected chi connectivity index (χ1v) is 6.24. The quantitative estimate of drug-likeness (QED) is 0.829. The Morgan fingerprint density at radius 3 is 2.63 bits per heavy atom. The van der Waals surface area contributed by atoms with E-state index in [2.05, 4.69) is 24.1 Å². The second kappa shape index (κ2) is 7.33. The fourth-order valence-electron chi connectivity index (χ4n) is 1.74. The van der Waals surface area contributed by atoms with Crippen LogP contribution >= 0.6 is 0 Å². The fraction of sp³-hybridized carbons (Fsp3) is 0.615. The molecule has 0 spiro atoms. The van der Waals surface area contributed by atoms with Crippen molar-refractivity contribution in [2.24, 2.45) is 5.92 Å². The number of aromatic nitrogens is 1. The predicted molar refractivity (Wildman–Crippen MR) is 70.0 cm³/mol. The largest absolute Gasteiger partial charge is 0.354 e. The van der Waals surface area contributed by atoms with Crippen molar-refractivity contribution in [2.45, 2.75) is 26.8 Å². The average molecular weight is 275 g/mol. The molecule has 0 amide bonds. The van der Waals surface area contributed by atoms with Gasteiger partial charge in [-0.05, 0) is 18.5 Å². The number of alkyl halides is 2. The number of hydrogen-bond acceptors (Lipinski definition) is 3. The molecule has 1 rings (SSSR count). The van der Waals surface area contributed by atoms with Crippen molar-refractivity contribution in [3.63, 3.8) is 0 Å². The SMILES string of the molecule is CC(C)CNCc1cc(F)cnc1N(C)CC(F)F. The van der Waals surface area contributed by atoms with Gasteiger partial charge in [0.2, 0.25) is 0 Å². The van der Waals surface area contributed by atoms with E-state index in [1.165, 1.54) is 18.0 Å². The maximum absolute atomic E-state index is 13.2. The summed E-state index contributed by atoms with van der Waals surface area (Å²) < 4.78 is 38.0. The Morgan fingerprint density at radius 1 is 1.37 bits per heavy atom. The third-order valence-corrected chi connectivity index (χ3v) is 2.55. The molecule has 1 N–H and O–H groups in total. The molecule has 3 nitrogen and oxygen atoms in total. The Morgan fingerprint density at radius 2 is 2.05 bits per heavy atom. The van der Waals surface area contributed by atoms with Gasteiger partial charge in [-0.2, -0.15) is 0 Å². The van der Waals surface area contributed by atoms with Crippen LogP contribution in [0.3, 0.4) is 0 Å². The number of halogens is 3. The Labute approximate surface area is 111 Å². The molecule has 0 saturated heterocycles. The highest BCUT2D eigenvalue weighted by Gasteiger charge is 2.14. The third kappa shape index (κ3) is 5.46. The van der Waals surface area contributed by atoms with E-state index in [9.17, 15) is 13.2 Å². The molecule has 6 heteroatoms. The van der Waals surface area contributed by atoms with E-state index in [1.54, 1.807) is 0 Å². The van der Waals surface area contributed by atoms with Crippen molar-refractivity contribution in [2.75, 3.05) is 25.0 Å². The van der Waals surface area contributed by atoms with Crippen LogP contribution in [0.15, 0.2) is 12.3 Å². The molecule has 1 heterocycles. The molecule has 0 radical (unpaired) electrons. The van der Waals surface area contributed by atoms with Gasteiger partial charge >= 0.3 is 0 Å². The number of anilines is 1. The number of nitrogens with one attached hydrogen (secondary N) is 1. The fourth-order valence-corrected chi connectivity index (χ4v) is 1.74. The monoisotopic (exact) mass is 275 g/mol. The predicted octanol–water partition coefficient (Wildman–Crippen LogP) is 2.67. The Hall–Kier alpha value is -1.30. The van der Waals surface area contributed by atoms with Gasteiger partial charge in [-0.15, -0.1) is 0 Å². The first kappa shape index (κ1) is 15.8. The second-order valence-electron chi connectivity index (χ2n) is 4.93. The summed E-state index contributed by atoms with van der Waals surface area (Å²) in [5.41, 5.74) is 0.587.